The molecule has 4 atom stereocenters. The van der Waals surface area contributed by atoms with E-state index in [2.05, 4.69) is 20.3 Å². The van der Waals surface area contributed by atoms with Gasteiger partial charge in [0.1, 0.15) is 12.7 Å². The first-order chi connectivity index (χ1) is 15.5. The molecular formula is C18H22N6O9. The largest absolute Gasteiger partial charge is 0.463 e. The molecule has 33 heavy (non-hydrogen) atoms. The van der Waals surface area contributed by atoms with Gasteiger partial charge in [0.25, 0.3) is 5.56 Å². The van der Waals surface area contributed by atoms with Crippen molar-refractivity contribution in [3.8, 4) is 0 Å². The summed E-state index contributed by atoms with van der Waals surface area (Å²) in [5, 5.41) is 2.45. The number of imidazole rings is 1. The summed E-state index contributed by atoms with van der Waals surface area (Å²) in [5.74, 6) is -3.04. The lowest BCUT2D eigenvalue weighted by atomic mass is 10.1. The lowest BCUT2D eigenvalue weighted by molar-refractivity contribution is -0.166. The van der Waals surface area contributed by atoms with Crippen LogP contribution in [0.2, 0.25) is 0 Å². The van der Waals surface area contributed by atoms with Gasteiger partial charge in [0.2, 0.25) is 17.8 Å². The van der Waals surface area contributed by atoms with Gasteiger partial charge in [-0.2, -0.15) is 4.98 Å². The zero-order valence-electron chi connectivity index (χ0n) is 18.1. The predicted octanol–water partition coefficient (Wildman–Crippen LogP) is -1.02. The number of ether oxygens (including phenoxy) is 4. The van der Waals surface area contributed by atoms with Crippen LogP contribution < -0.4 is 16.6 Å². The van der Waals surface area contributed by atoms with Crippen LogP contribution in [0.15, 0.2) is 4.79 Å². The van der Waals surface area contributed by atoms with Crippen molar-refractivity contribution >= 4 is 46.9 Å². The summed E-state index contributed by atoms with van der Waals surface area (Å²) in [6.07, 6.45) is -4.88. The topological polar surface area (TPSA) is 207 Å². The van der Waals surface area contributed by atoms with Crippen molar-refractivity contribution in [2.75, 3.05) is 17.7 Å². The Labute approximate surface area is 185 Å². The second-order valence-electron chi connectivity index (χ2n) is 7.13. The summed E-state index contributed by atoms with van der Waals surface area (Å²) >= 11 is 0. The number of nitrogens with one attached hydrogen (secondary N) is 2. The van der Waals surface area contributed by atoms with Crippen molar-refractivity contribution in [3.63, 3.8) is 0 Å². The number of carbonyl (C=O) groups is 4. The number of amides is 1. The average molecular weight is 466 g/mol. The Bertz CT molecular complexity index is 1170. The van der Waals surface area contributed by atoms with Crippen LogP contribution in [0, 0.1) is 0 Å². The van der Waals surface area contributed by atoms with Crippen molar-refractivity contribution in [2.24, 2.45) is 0 Å². The minimum atomic E-state index is -1.31. The number of aromatic amines is 1. The molecule has 178 valence electrons. The molecule has 1 saturated heterocycles. The Kier molecular flexibility index (Phi) is 6.62. The van der Waals surface area contributed by atoms with Crippen LogP contribution in [-0.4, -0.2) is 68.3 Å². The van der Waals surface area contributed by atoms with Crippen molar-refractivity contribution in [1.82, 2.24) is 19.5 Å². The van der Waals surface area contributed by atoms with Crippen LogP contribution in [-0.2, 0) is 38.1 Å². The molecule has 0 spiro atoms. The Morgan fingerprint density at radius 1 is 1.06 bits per heavy atom. The number of esters is 3. The molecule has 2 aromatic rings. The number of fused-ring (bicyclic) bond motifs is 1. The SMILES string of the molecule is CC(=O)Nc1nc2c(=O)[nH]c(N)nc2n1C1OC(COC(C)=O)C(OC(C)=O)C1OC(C)=O. The molecule has 3 heterocycles. The molecular weight excluding hydrogens is 444 g/mol. The number of nitrogen functional groups attached to an aromatic ring is 1. The highest BCUT2D eigenvalue weighted by molar-refractivity contribution is 5.89. The molecule has 4 unspecified atom stereocenters. The van der Waals surface area contributed by atoms with E-state index >= 15 is 0 Å². The van der Waals surface area contributed by atoms with Gasteiger partial charge in [-0.25, -0.2) is 4.98 Å². The van der Waals surface area contributed by atoms with E-state index in [1.165, 1.54) is 18.4 Å². The molecule has 1 aliphatic rings. The molecule has 1 amide bonds. The molecule has 15 nitrogen and oxygen atoms in total. The monoisotopic (exact) mass is 466 g/mol. The zero-order chi connectivity index (χ0) is 24.4. The second kappa shape index (κ2) is 9.23. The van der Waals surface area contributed by atoms with Gasteiger partial charge in [0, 0.05) is 27.7 Å². The second-order valence-corrected chi connectivity index (χ2v) is 7.13. The van der Waals surface area contributed by atoms with Gasteiger partial charge in [0.15, 0.2) is 29.6 Å². The Morgan fingerprint density at radius 3 is 2.27 bits per heavy atom. The maximum absolute atomic E-state index is 12.4. The van der Waals surface area contributed by atoms with E-state index in [1.54, 1.807) is 0 Å². The highest BCUT2D eigenvalue weighted by Gasteiger charge is 2.51. The van der Waals surface area contributed by atoms with Gasteiger partial charge < -0.3 is 24.7 Å². The predicted molar refractivity (Wildman–Crippen MR) is 109 cm³/mol. The molecule has 0 radical (unpaired) electrons. The molecule has 4 N–H and O–H groups in total. The molecule has 0 saturated carbocycles. The Hall–Kier alpha value is -4.01. The van der Waals surface area contributed by atoms with Crippen molar-refractivity contribution in [2.45, 2.75) is 52.2 Å². The van der Waals surface area contributed by atoms with Crippen LogP contribution in [0.25, 0.3) is 11.2 Å². The van der Waals surface area contributed by atoms with Crippen molar-refractivity contribution in [3.05, 3.63) is 10.4 Å². The van der Waals surface area contributed by atoms with Crippen molar-refractivity contribution < 1.29 is 38.1 Å². The highest BCUT2D eigenvalue weighted by atomic mass is 16.7. The van der Waals surface area contributed by atoms with Crippen LogP contribution in [0.5, 0.6) is 0 Å². The van der Waals surface area contributed by atoms with E-state index in [4.69, 9.17) is 24.7 Å². The zero-order valence-corrected chi connectivity index (χ0v) is 18.1. The summed E-state index contributed by atoms with van der Waals surface area (Å²) in [5.41, 5.74) is 4.69. The van der Waals surface area contributed by atoms with Crippen LogP contribution in [0.3, 0.4) is 0 Å². The summed E-state index contributed by atoms with van der Waals surface area (Å²) in [6.45, 7) is 4.30. The van der Waals surface area contributed by atoms with Crippen LogP contribution in [0.4, 0.5) is 11.9 Å². The maximum Gasteiger partial charge on any atom is 0.303 e. The van der Waals surface area contributed by atoms with E-state index in [-0.39, 0.29) is 29.7 Å². The average Bonchev–Trinajstić information content (AvgIpc) is 3.17. The molecule has 1 aliphatic heterocycles. The molecule has 3 rings (SSSR count). The molecule has 2 aromatic heterocycles. The lowest BCUT2D eigenvalue weighted by Crippen LogP contribution is -2.40. The van der Waals surface area contributed by atoms with Gasteiger partial charge in [-0.1, -0.05) is 0 Å². The van der Waals surface area contributed by atoms with Gasteiger partial charge in [0.05, 0.1) is 0 Å². The maximum atomic E-state index is 12.4. The fourth-order valence-electron chi connectivity index (χ4n) is 3.39. The number of aromatic nitrogens is 4. The Balaban J connectivity index is 2.19. The summed E-state index contributed by atoms with van der Waals surface area (Å²) in [7, 11) is 0. The number of nitrogens with zero attached hydrogens (tertiary/aromatic N) is 3. The third kappa shape index (κ3) is 5.08. The minimum Gasteiger partial charge on any atom is -0.463 e. The smallest absolute Gasteiger partial charge is 0.303 e. The first-order valence-electron chi connectivity index (χ1n) is 9.66. The number of hydrogen-bond donors (Lipinski definition) is 3. The van der Waals surface area contributed by atoms with Gasteiger partial charge >= 0.3 is 17.9 Å². The quantitative estimate of drug-likeness (QED) is 0.345. The van der Waals surface area contributed by atoms with Gasteiger partial charge in [-0.05, 0) is 0 Å². The molecule has 15 heteroatoms. The summed E-state index contributed by atoms with van der Waals surface area (Å²) in [4.78, 5) is 69.5. The fourth-order valence-corrected chi connectivity index (χ4v) is 3.39. The van der Waals surface area contributed by atoms with Gasteiger partial charge in [-0.15, -0.1) is 0 Å². The number of anilines is 2. The molecule has 0 aromatic carbocycles. The van der Waals surface area contributed by atoms with E-state index in [0.29, 0.717) is 0 Å². The number of carbonyl (C=O) groups excluding carboxylic acids is 4. The van der Waals surface area contributed by atoms with Crippen LogP contribution in [0.1, 0.15) is 33.9 Å². The fraction of sp³-hybridized carbons (Fsp3) is 0.500. The molecule has 0 aliphatic carbocycles. The van der Waals surface area contributed by atoms with Crippen molar-refractivity contribution in [1.29, 1.82) is 0 Å². The van der Waals surface area contributed by atoms with Crippen LogP contribution >= 0.6 is 0 Å². The number of nitrogens with two attached hydrogens (primary N) is 1. The van der Waals surface area contributed by atoms with E-state index in [0.717, 1.165) is 13.8 Å². The van der Waals surface area contributed by atoms with E-state index in [9.17, 15) is 24.0 Å². The number of H-pyrrole nitrogens is 1. The first kappa shape index (κ1) is 23.6. The molecule has 1 fully saturated rings. The number of rotatable bonds is 6. The third-order valence-electron chi connectivity index (χ3n) is 4.45. The lowest BCUT2D eigenvalue weighted by Gasteiger charge is -2.24. The summed E-state index contributed by atoms with van der Waals surface area (Å²) in [6, 6.07) is 0. The van der Waals surface area contributed by atoms with Gasteiger partial charge in [-0.3, -0.25) is 38.8 Å². The standard InChI is InChI=1S/C18H22N6O9/c1-6(25)20-18-21-11-14(22-17(19)23-15(11)29)24(18)16-13(32-9(4)28)12(31-8(3)27)10(33-16)5-30-7(2)26/h10,12-13,16H,5H2,1-4H3,(H,20,21,25)(H3,19,22,23,29). The number of hydrogen-bond acceptors (Lipinski definition) is 12. The highest BCUT2D eigenvalue weighted by Crippen LogP contribution is 2.37. The minimum absolute atomic E-state index is 0.100. The normalized spacial score (nSPS) is 22.1. The van der Waals surface area contributed by atoms with E-state index in [1.807, 2.05) is 0 Å². The Morgan fingerprint density at radius 2 is 1.70 bits per heavy atom. The third-order valence-corrected chi connectivity index (χ3v) is 4.45. The summed E-state index contributed by atoms with van der Waals surface area (Å²) < 4.78 is 22.8. The van der Waals surface area contributed by atoms with E-state index < -0.39 is 53.9 Å². The first-order valence-corrected chi connectivity index (χ1v) is 9.66. The molecule has 0 bridgehead atoms.